The highest BCUT2D eigenvalue weighted by atomic mass is 14.9. The minimum atomic E-state index is 0.986. The zero-order chi connectivity index (χ0) is 10.3. The van der Waals surface area contributed by atoms with E-state index >= 15 is 0 Å². The molecule has 1 saturated carbocycles. The minimum Gasteiger partial charge on any atom is -0.364 e. The molecule has 1 aromatic heterocycles. The van der Waals surface area contributed by atoms with Gasteiger partial charge in [-0.1, -0.05) is 32.1 Å². The Kier molecular flexibility index (Phi) is 4.27. The molecule has 1 heterocycles. The predicted molar refractivity (Wildman–Crippen MR) is 63.7 cm³/mol. The molecule has 0 aliphatic heterocycles. The first kappa shape index (κ1) is 10.7. The van der Waals surface area contributed by atoms with Crippen LogP contribution in [0.2, 0.25) is 0 Å². The van der Waals surface area contributed by atoms with Crippen molar-refractivity contribution in [3.63, 3.8) is 0 Å². The Balaban J connectivity index is 1.54. The molecule has 2 nitrogen and oxygen atoms in total. The summed E-state index contributed by atoms with van der Waals surface area (Å²) < 4.78 is 0. The second-order valence-electron chi connectivity index (χ2n) is 4.66. The zero-order valence-corrected chi connectivity index (χ0v) is 9.47. The van der Waals surface area contributed by atoms with Gasteiger partial charge in [0.25, 0.3) is 0 Å². The molecule has 1 aliphatic carbocycles. The molecule has 0 bridgehead atoms. The first-order chi connectivity index (χ1) is 7.45. The van der Waals surface area contributed by atoms with Gasteiger partial charge < -0.3 is 10.3 Å². The van der Waals surface area contributed by atoms with Crippen molar-refractivity contribution in [3.05, 3.63) is 24.0 Å². The molecule has 0 atom stereocenters. The Hall–Kier alpha value is -0.760. The van der Waals surface area contributed by atoms with Crippen molar-refractivity contribution in [1.29, 1.82) is 0 Å². The van der Waals surface area contributed by atoms with Crippen molar-refractivity contribution in [2.75, 3.05) is 6.54 Å². The van der Waals surface area contributed by atoms with Gasteiger partial charge in [-0.25, -0.2) is 0 Å². The van der Waals surface area contributed by atoms with Crippen LogP contribution in [0.15, 0.2) is 18.3 Å². The van der Waals surface area contributed by atoms with Gasteiger partial charge in [0.2, 0.25) is 0 Å². The standard InChI is InChI=1S/C13H22N2/c1-2-5-12(6-3-1)8-10-14-11-13-7-4-9-15-13/h4,7,9,12,14-15H,1-3,5-6,8,10-11H2. The van der Waals surface area contributed by atoms with E-state index in [-0.39, 0.29) is 0 Å². The van der Waals surface area contributed by atoms with Crippen molar-refractivity contribution in [2.24, 2.45) is 5.92 Å². The maximum Gasteiger partial charge on any atom is 0.0357 e. The molecule has 0 radical (unpaired) electrons. The van der Waals surface area contributed by atoms with Crippen molar-refractivity contribution >= 4 is 0 Å². The summed E-state index contributed by atoms with van der Waals surface area (Å²) in [5.41, 5.74) is 1.29. The Morgan fingerprint density at radius 3 is 2.87 bits per heavy atom. The molecule has 2 N–H and O–H groups in total. The van der Waals surface area contributed by atoms with Crippen LogP contribution in [0.5, 0.6) is 0 Å². The quantitative estimate of drug-likeness (QED) is 0.712. The van der Waals surface area contributed by atoms with Gasteiger partial charge in [-0.2, -0.15) is 0 Å². The van der Waals surface area contributed by atoms with Gasteiger partial charge in [0.1, 0.15) is 0 Å². The van der Waals surface area contributed by atoms with E-state index in [1.807, 2.05) is 6.20 Å². The molecule has 2 heteroatoms. The van der Waals surface area contributed by atoms with E-state index in [4.69, 9.17) is 0 Å². The third-order valence-electron chi connectivity index (χ3n) is 3.43. The second kappa shape index (κ2) is 5.96. The third-order valence-corrected chi connectivity index (χ3v) is 3.43. The van der Waals surface area contributed by atoms with Gasteiger partial charge in [-0.15, -0.1) is 0 Å². The summed E-state index contributed by atoms with van der Waals surface area (Å²) in [6.45, 7) is 2.16. The van der Waals surface area contributed by atoms with Gasteiger partial charge in [0.05, 0.1) is 0 Å². The number of aromatic nitrogens is 1. The summed E-state index contributed by atoms with van der Waals surface area (Å²) in [4.78, 5) is 3.21. The Labute approximate surface area is 92.5 Å². The van der Waals surface area contributed by atoms with Gasteiger partial charge in [0.15, 0.2) is 0 Å². The fraction of sp³-hybridized carbons (Fsp3) is 0.692. The lowest BCUT2D eigenvalue weighted by atomic mass is 9.87. The summed E-state index contributed by atoms with van der Waals surface area (Å²) in [5.74, 6) is 0.995. The van der Waals surface area contributed by atoms with E-state index in [1.54, 1.807) is 0 Å². The predicted octanol–water partition coefficient (Wildman–Crippen LogP) is 3.07. The minimum absolute atomic E-state index is 0.986. The highest BCUT2D eigenvalue weighted by molar-refractivity contribution is 5.02. The summed E-state index contributed by atoms with van der Waals surface area (Å²) >= 11 is 0. The average Bonchev–Trinajstić information content (AvgIpc) is 2.79. The first-order valence-electron chi connectivity index (χ1n) is 6.28. The summed E-state index contributed by atoms with van der Waals surface area (Å²) in [7, 11) is 0. The van der Waals surface area contributed by atoms with E-state index < -0.39 is 0 Å². The lowest BCUT2D eigenvalue weighted by Crippen LogP contribution is -2.19. The second-order valence-corrected chi connectivity index (χ2v) is 4.66. The first-order valence-corrected chi connectivity index (χ1v) is 6.28. The molecule has 0 unspecified atom stereocenters. The van der Waals surface area contributed by atoms with Crippen molar-refractivity contribution in [1.82, 2.24) is 10.3 Å². The topological polar surface area (TPSA) is 27.8 Å². The van der Waals surface area contributed by atoms with Gasteiger partial charge >= 0.3 is 0 Å². The molecule has 15 heavy (non-hydrogen) atoms. The largest absolute Gasteiger partial charge is 0.364 e. The smallest absolute Gasteiger partial charge is 0.0357 e. The van der Waals surface area contributed by atoms with Crippen LogP contribution < -0.4 is 5.32 Å². The fourth-order valence-electron chi connectivity index (χ4n) is 2.48. The van der Waals surface area contributed by atoms with Crippen LogP contribution in [0.1, 0.15) is 44.2 Å². The molecule has 1 aromatic rings. The lowest BCUT2D eigenvalue weighted by molar-refractivity contribution is 0.333. The van der Waals surface area contributed by atoms with Crippen LogP contribution in [0, 0.1) is 5.92 Å². The maximum atomic E-state index is 3.50. The molecular formula is C13H22N2. The number of H-pyrrole nitrogens is 1. The van der Waals surface area contributed by atoms with E-state index in [0.29, 0.717) is 0 Å². The van der Waals surface area contributed by atoms with Crippen LogP contribution in [0.4, 0.5) is 0 Å². The number of hydrogen-bond donors (Lipinski definition) is 2. The van der Waals surface area contributed by atoms with E-state index in [1.165, 1.54) is 50.8 Å². The van der Waals surface area contributed by atoms with Crippen molar-refractivity contribution < 1.29 is 0 Å². The van der Waals surface area contributed by atoms with Crippen LogP contribution in [0.3, 0.4) is 0 Å². The van der Waals surface area contributed by atoms with Crippen molar-refractivity contribution in [3.8, 4) is 0 Å². The highest BCUT2D eigenvalue weighted by Gasteiger charge is 2.12. The van der Waals surface area contributed by atoms with Gasteiger partial charge in [0, 0.05) is 18.4 Å². The Morgan fingerprint density at radius 1 is 1.27 bits per heavy atom. The molecule has 1 fully saturated rings. The van der Waals surface area contributed by atoms with Crippen LogP contribution in [-0.2, 0) is 6.54 Å². The maximum absolute atomic E-state index is 3.50. The number of rotatable bonds is 5. The number of nitrogens with one attached hydrogen (secondary N) is 2. The third kappa shape index (κ3) is 3.71. The van der Waals surface area contributed by atoms with E-state index in [0.717, 1.165) is 12.5 Å². The average molecular weight is 206 g/mol. The molecule has 2 rings (SSSR count). The van der Waals surface area contributed by atoms with Crippen LogP contribution in [0.25, 0.3) is 0 Å². The molecule has 84 valence electrons. The molecule has 1 aliphatic rings. The molecule has 0 saturated heterocycles. The van der Waals surface area contributed by atoms with Crippen LogP contribution in [-0.4, -0.2) is 11.5 Å². The molecular weight excluding hydrogens is 184 g/mol. The van der Waals surface area contributed by atoms with Gasteiger partial charge in [-0.05, 0) is 31.0 Å². The zero-order valence-electron chi connectivity index (χ0n) is 9.47. The van der Waals surface area contributed by atoms with Crippen molar-refractivity contribution in [2.45, 2.75) is 45.1 Å². The lowest BCUT2D eigenvalue weighted by Gasteiger charge is -2.21. The number of hydrogen-bond acceptors (Lipinski definition) is 1. The van der Waals surface area contributed by atoms with E-state index in [9.17, 15) is 0 Å². The summed E-state index contributed by atoms with van der Waals surface area (Å²) in [6, 6.07) is 4.19. The van der Waals surface area contributed by atoms with E-state index in [2.05, 4.69) is 22.4 Å². The monoisotopic (exact) mass is 206 g/mol. The van der Waals surface area contributed by atoms with Gasteiger partial charge in [-0.3, -0.25) is 0 Å². The molecule has 0 amide bonds. The molecule has 0 spiro atoms. The summed E-state index contributed by atoms with van der Waals surface area (Å²) in [6.07, 6.45) is 10.7. The molecule has 0 aromatic carbocycles. The Morgan fingerprint density at radius 2 is 2.13 bits per heavy atom. The highest BCUT2D eigenvalue weighted by Crippen LogP contribution is 2.25. The SMILES string of the molecule is c1c[nH]c(CNCCC2CCCCC2)c1. The van der Waals surface area contributed by atoms with Crippen LogP contribution >= 0.6 is 0 Å². The number of aromatic amines is 1. The fourth-order valence-corrected chi connectivity index (χ4v) is 2.48. The normalized spacial score (nSPS) is 18.1. The summed E-state index contributed by atoms with van der Waals surface area (Å²) in [5, 5.41) is 3.50. The Bertz CT molecular complexity index is 248.